The van der Waals surface area contributed by atoms with Crippen molar-refractivity contribution in [2.45, 2.75) is 11.3 Å². The molecule has 0 radical (unpaired) electrons. The van der Waals surface area contributed by atoms with Crippen LogP contribution in [0.15, 0.2) is 82.8 Å². The lowest BCUT2D eigenvalue weighted by Crippen LogP contribution is -2.27. The van der Waals surface area contributed by atoms with Crippen LogP contribution in [-0.2, 0) is 14.6 Å². The summed E-state index contributed by atoms with van der Waals surface area (Å²) in [6, 6.07) is 19.1. The first-order valence-corrected chi connectivity index (χ1v) is 12.7. The molecule has 1 heterocycles. The van der Waals surface area contributed by atoms with Crippen LogP contribution >= 0.6 is 11.3 Å². The molecule has 0 aliphatic carbocycles. The number of anilines is 1. The van der Waals surface area contributed by atoms with Crippen molar-refractivity contribution < 1.29 is 22.3 Å². The third-order valence-electron chi connectivity index (χ3n) is 4.88. The van der Waals surface area contributed by atoms with Crippen LogP contribution in [0.1, 0.15) is 12.0 Å². The van der Waals surface area contributed by atoms with Crippen molar-refractivity contribution in [2.24, 2.45) is 5.10 Å². The van der Waals surface area contributed by atoms with Crippen molar-refractivity contribution in [3.05, 3.63) is 84.2 Å². The van der Waals surface area contributed by atoms with Crippen molar-refractivity contribution >= 4 is 48.6 Å². The Morgan fingerprint density at radius 3 is 2.56 bits per heavy atom. The first-order chi connectivity index (χ1) is 16.4. The molecular weight excluding hydrogens is 477 g/mol. The number of nitrogens with zero attached hydrogens (tertiary/aromatic N) is 3. The molecule has 1 aromatic heterocycles. The lowest BCUT2D eigenvalue weighted by Gasteiger charge is -2.14. The Bertz CT molecular complexity index is 1440. The number of hydrogen-bond acceptors (Lipinski definition) is 7. The average Bonchev–Trinajstić information content (AvgIpc) is 3.26. The summed E-state index contributed by atoms with van der Waals surface area (Å²) in [6.45, 7) is 0. The van der Waals surface area contributed by atoms with Gasteiger partial charge in [-0.2, -0.15) is 10.1 Å². The van der Waals surface area contributed by atoms with E-state index in [0.29, 0.717) is 21.5 Å². The number of hydrazone groups is 1. The van der Waals surface area contributed by atoms with Gasteiger partial charge in [-0.15, -0.1) is 0 Å². The third-order valence-corrected chi connectivity index (χ3v) is 7.61. The number of halogens is 1. The van der Waals surface area contributed by atoms with E-state index in [9.17, 15) is 17.6 Å². The van der Waals surface area contributed by atoms with Crippen molar-refractivity contribution in [3.63, 3.8) is 0 Å². The molecule has 0 bridgehead atoms. The number of ether oxygens (including phenoxy) is 1. The topological polar surface area (TPSA) is 88.9 Å². The maximum absolute atomic E-state index is 13.6. The lowest BCUT2D eigenvalue weighted by atomic mass is 10.2. The van der Waals surface area contributed by atoms with Gasteiger partial charge < -0.3 is 4.74 Å². The van der Waals surface area contributed by atoms with Gasteiger partial charge in [-0.1, -0.05) is 29.5 Å². The van der Waals surface area contributed by atoms with E-state index in [1.54, 1.807) is 49.6 Å². The van der Waals surface area contributed by atoms with Crippen LogP contribution in [0.4, 0.5) is 9.52 Å². The Kier molecular flexibility index (Phi) is 6.99. The van der Waals surface area contributed by atoms with Gasteiger partial charge >= 0.3 is 0 Å². The highest BCUT2D eigenvalue weighted by molar-refractivity contribution is 7.91. The Balaban J connectivity index is 1.61. The molecule has 0 unspecified atom stereocenters. The van der Waals surface area contributed by atoms with Gasteiger partial charge in [0, 0.05) is 6.42 Å². The van der Waals surface area contributed by atoms with Gasteiger partial charge in [0.2, 0.25) is 5.13 Å². The highest BCUT2D eigenvalue weighted by atomic mass is 32.2. The Morgan fingerprint density at radius 2 is 1.85 bits per heavy atom. The van der Waals surface area contributed by atoms with Crippen LogP contribution in [0, 0.1) is 5.82 Å². The molecule has 0 aliphatic heterocycles. The highest BCUT2D eigenvalue weighted by Gasteiger charge is 2.23. The first-order valence-electron chi connectivity index (χ1n) is 10.2. The summed E-state index contributed by atoms with van der Waals surface area (Å²) in [5.74, 6) is -0.686. The molecule has 0 atom stereocenters. The largest absolute Gasteiger partial charge is 0.497 e. The fourth-order valence-corrected chi connectivity index (χ4v) is 5.30. The Labute approximate surface area is 200 Å². The van der Waals surface area contributed by atoms with Crippen LogP contribution in [0.5, 0.6) is 5.75 Å². The minimum absolute atomic E-state index is 0.145. The number of aromatic nitrogens is 1. The first kappa shape index (κ1) is 23.5. The van der Waals surface area contributed by atoms with Gasteiger partial charge in [0.15, 0.2) is 9.84 Å². The average molecular weight is 498 g/mol. The standard InChI is InChI=1S/C24H20FN3O4S2/c1-32-19-10-7-17(8-11-19)16-26-28(24-27-21-12-9-18(25)15-22(21)33-24)23(29)13-14-34(30,31)20-5-3-2-4-6-20/h2-12,15-16H,13-14H2,1H3/b26-16+. The summed E-state index contributed by atoms with van der Waals surface area (Å²) < 4.78 is 44.6. The van der Waals surface area contributed by atoms with Gasteiger partial charge in [0.25, 0.3) is 5.91 Å². The van der Waals surface area contributed by atoms with E-state index in [2.05, 4.69) is 10.1 Å². The highest BCUT2D eigenvalue weighted by Crippen LogP contribution is 2.30. The lowest BCUT2D eigenvalue weighted by molar-refractivity contribution is -0.118. The Morgan fingerprint density at radius 1 is 1.12 bits per heavy atom. The molecule has 7 nitrogen and oxygen atoms in total. The zero-order valence-corrected chi connectivity index (χ0v) is 19.7. The quantitative estimate of drug-likeness (QED) is 0.261. The maximum atomic E-state index is 13.6. The molecule has 1 amide bonds. The number of methoxy groups -OCH3 is 1. The third kappa shape index (κ3) is 5.46. The minimum atomic E-state index is -3.66. The number of carbonyl (C=O) groups is 1. The van der Waals surface area contributed by atoms with Crippen LogP contribution in [0.2, 0.25) is 0 Å². The van der Waals surface area contributed by atoms with E-state index < -0.39 is 21.6 Å². The zero-order valence-electron chi connectivity index (χ0n) is 18.1. The number of carbonyl (C=O) groups excluding carboxylic acids is 1. The van der Waals surface area contributed by atoms with Crippen molar-refractivity contribution in [1.82, 2.24) is 4.98 Å². The summed E-state index contributed by atoms with van der Waals surface area (Å²) >= 11 is 1.09. The summed E-state index contributed by atoms with van der Waals surface area (Å²) in [4.78, 5) is 17.6. The second-order valence-corrected chi connectivity index (χ2v) is 10.3. The molecule has 0 saturated heterocycles. The molecule has 0 N–H and O–H groups in total. The van der Waals surface area contributed by atoms with Crippen LogP contribution in [0.25, 0.3) is 10.2 Å². The summed E-state index contributed by atoms with van der Waals surface area (Å²) in [7, 11) is -2.10. The van der Waals surface area contributed by atoms with Gasteiger partial charge in [-0.3, -0.25) is 4.79 Å². The summed E-state index contributed by atoms with van der Waals surface area (Å²) in [5, 5.41) is 5.57. The number of rotatable bonds is 8. The smallest absolute Gasteiger partial charge is 0.250 e. The minimum Gasteiger partial charge on any atom is -0.497 e. The van der Waals surface area contributed by atoms with E-state index in [1.807, 2.05) is 0 Å². The number of sulfone groups is 1. The van der Waals surface area contributed by atoms with Gasteiger partial charge in [-0.25, -0.2) is 17.8 Å². The van der Waals surface area contributed by atoms with Crippen molar-refractivity contribution in [1.29, 1.82) is 0 Å². The fraction of sp³-hybridized carbons (Fsp3) is 0.125. The summed E-state index contributed by atoms with van der Waals surface area (Å²) in [5.41, 5.74) is 1.21. The Hall–Kier alpha value is -3.63. The molecule has 174 valence electrons. The normalized spacial score (nSPS) is 11.7. The molecule has 34 heavy (non-hydrogen) atoms. The maximum Gasteiger partial charge on any atom is 0.250 e. The second-order valence-electron chi connectivity index (χ2n) is 7.21. The molecular formula is C24H20FN3O4S2. The van der Waals surface area contributed by atoms with E-state index in [4.69, 9.17) is 4.74 Å². The van der Waals surface area contributed by atoms with Crippen LogP contribution in [-0.4, -0.2) is 38.4 Å². The van der Waals surface area contributed by atoms with E-state index >= 15 is 0 Å². The van der Waals surface area contributed by atoms with Crippen molar-refractivity contribution in [3.8, 4) is 5.75 Å². The SMILES string of the molecule is COc1ccc(/C=N/N(C(=O)CCS(=O)(=O)c2ccccc2)c2nc3ccc(F)cc3s2)cc1. The predicted octanol–water partition coefficient (Wildman–Crippen LogP) is 4.68. The van der Waals surface area contributed by atoms with Gasteiger partial charge in [-0.05, 0) is 60.2 Å². The summed E-state index contributed by atoms with van der Waals surface area (Å²) in [6.07, 6.45) is 1.16. The molecule has 4 rings (SSSR count). The van der Waals surface area contributed by atoms with E-state index in [0.717, 1.165) is 16.3 Å². The van der Waals surface area contributed by atoms with E-state index in [-0.39, 0.29) is 22.2 Å². The van der Waals surface area contributed by atoms with Crippen LogP contribution < -0.4 is 9.75 Å². The molecule has 10 heteroatoms. The second kappa shape index (κ2) is 10.1. The molecule has 0 aliphatic rings. The van der Waals surface area contributed by atoms with Crippen molar-refractivity contribution in [2.75, 3.05) is 17.9 Å². The molecule has 0 saturated carbocycles. The fourth-order valence-electron chi connectivity index (χ4n) is 3.08. The molecule has 0 fully saturated rings. The number of amides is 1. The van der Waals surface area contributed by atoms with Gasteiger partial charge in [0.1, 0.15) is 11.6 Å². The molecule has 4 aromatic rings. The van der Waals surface area contributed by atoms with Crippen LogP contribution in [0.3, 0.4) is 0 Å². The molecule has 3 aromatic carbocycles. The van der Waals surface area contributed by atoms with E-state index in [1.165, 1.54) is 36.5 Å². The monoisotopic (exact) mass is 497 g/mol. The molecule has 0 spiro atoms. The number of hydrogen-bond donors (Lipinski definition) is 0. The number of thiazole rings is 1. The number of fused-ring (bicyclic) bond motifs is 1. The zero-order chi connectivity index (χ0) is 24.1. The number of benzene rings is 3. The predicted molar refractivity (Wildman–Crippen MR) is 131 cm³/mol. The van der Waals surface area contributed by atoms with Gasteiger partial charge in [0.05, 0.1) is 34.2 Å².